The molecule has 2 amide bonds. The van der Waals surface area contributed by atoms with Gasteiger partial charge >= 0.3 is 0 Å². The van der Waals surface area contributed by atoms with Crippen LogP contribution in [0.2, 0.25) is 0 Å². The van der Waals surface area contributed by atoms with Gasteiger partial charge in [0.2, 0.25) is 5.91 Å². The van der Waals surface area contributed by atoms with Gasteiger partial charge in [-0.15, -0.1) is 5.10 Å². The molecule has 3 rings (SSSR count). The number of hydrogen-bond acceptors (Lipinski definition) is 4. The third-order valence-electron chi connectivity index (χ3n) is 3.65. The molecule has 2 aromatic carbocycles. The summed E-state index contributed by atoms with van der Waals surface area (Å²) >= 11 is 0. The first kappa shape index (κ1) is 16.4. The highest BCUT2D eigenvalue weighted by Crippen LogP contribution is 2.12. The highest BCUT2D eigenvalue weighted by molar-refractivity contribution is 5.95. The third kappa shape index (κ3) is 4.08. The molecule has 1 unspecified atom stereocenters. The van der Waals surface area contributed by atoms with Crippen LogP contribution < -0.4 is 11.1 Å². The Morgan fingerprint density at radius 3 is 2.32 bits per heavy atom. The van der Waals surface area contributed by atoms with Crippen molar-refractivity contribution in [3.8, 4) is 0 Å². The first-order valence-electron chi connectivity index (χ1n) is 7.72. The van der Waals surface area contributed by atoms with Crippen molar-refractivity contribution in [3.63, 3.8) is 0 Å². The topological polar surface area (TPSA) is 103 Å². The van der Waals surface area contributed by atoms with Crippen molar-refractivity contribution < 1.29 is 9.59 Å². The number of primary amides is 1. The van der Waals surface area contributed by atoms with E-state index in [1.807, 2.05) is 36.4 Å². The van der Waals surface area contributed by atoms with Crippen molar-refractivity contribution in [2.45, 2.75) is 12.6 Å². The third-order valence-corrected chi connectivity index (χ3v) is 3.65. The molecule has 0 aliphatic heterocycles. The molecule has 0 radical (unpaired) electrons. The second-order valence-electron chi connectivity index (χ2n) is 5.51. The quantitative estimate of drug-likeness (QED) is 0.708. The first-order valence-corrected chi connectivity index (χ1v) is 7.72. The Bertz CT molecular complexity index is 861. The number of amides is 2. The van der Waals surface area contributed by atoms with E-state index in [-0.39, 0.29) is 5.69 Å². The lowest BCUT2D eigenvalue weighted by Crippen LogP contribution is -2.37. The lowest BCUT2D eigenvalue weighted by Gasteiger charge is -2.14. The highest BCUT2D eigenvalue weighted by atomic mass is 16.2. The minimum atomic E-state index is -0.923. The Hall–Kier alpha value is -3.48. The summed E-state index contributed by atoms with van der Waals surface area (Å²) < 4.78 is 1.56. The van der Waals surface area contributed by atoms with Crippen LogP contribution in [0.5, 0.6) is 0 Å². The van der Waals surface area contributed by atoms with Crippen molar-refractivity contribution in [1.82, 2.24) is 20.3 Å². The maximum atomic E-state index is 12.4. The van der Waals surface area contributed by atoms with Crippen LogP contribution in [0.3, 0.4) is 0 Å². The number of nitrogens with one attached hydrogen (secondary N) is 1. The molecule has 7 nitrogen and oxygen atoms in total. The van der Waals surface area contributed by atoms with Gasteiger partial charge in [-0.05, 0) is 11.1 Å². The zero-order chi connectivity index (χ0) is 17.6. The van der Waals surface area contributed by atoms with Crippen LogP contribution in [0.25, 0.3) is 0 Å². The lowest BCUT2D eigenvalue weighted by atomic mass is 10.1. The van der Waals surface area contributed by atoms with E-state index in [0.29, 0.717) is 12.1 Å². The average molecular weight is 335 g/mol. The number of rotatable bonds is 6. The summed E-state index contributed by atoms with van der Waals surface area (Å²) in [6, 6.07) is 17.6. The van der Waals surface area contributed by atoms with Crippen LogP contribution in [0.15, 0.2) is 66.9 Å². The molecule has 7 heteroatoms. The molecule has 0 aliphatic carbocycles. The van der Waals surface area contributed by atoms with Crippen LogP contribution in [-0.2, 0) is 11.3 Å². The summed E-state index contributed by atoms with van der Waals surface area (Å²) in [7, 11) is 0. The van der Waals surface area contributed by atoms with Gasteiger partial charge in [0.15, 0.2) is 5.69 Å². The molecule has 126 valence electrons. The maximum Gasteiger partial charge on any atom is 0.274 e. The molecule has 1 heterocycles. The maximum absolute atomic E-state index is 12.4. The van der Waals surface area contributed by atoms with E-state index in [9.17, 15) is 9.59 Å². The molecule has 0 spiro atoms. The number of aromatic nitrogens is 3. The van der Waals surface area contributed by atoms with Gasteiger partial charge in [0.25, 0.3) is 5.91 Å². The Morgan fingerprint density at radius 1 is 1.04 bits per heavy atom. The first-order chi connectivity index (χ1) is 12.1. The van der Waals surface area contributed by atoms with Crippen molar-refractivity contribution in [3.05, 3.63) is 83.7 Å². The number of carbonyl (C=O) groups is 2. The molecule has 1 atom stereocenters. The number of nitrogens with zero attached hydrogens (tertiary/aromatic N) is 3. The van der Waals surface area contributed by atoms with E-state index >= 15 is 0 Å². The van der Waals surface area contributed by atoms with Gasteiger partial charge in [-0.25, -0.2) is 4.68 Å². The summed E-state index contributed by atoms with van der Waals surface area (Å²) in [6.45, 7) is 0.499. The van der Waals surface area contributed by atoms with Gasteiger partial charge < -0.3 is 11.1 Å². The fraction of sp³-hybridized carbons (Fsp3) is 0.111. The summed E-state index contributed by atoms with van der Waals surface area (Å²) in [6.07, 6.45) is 1.53. The summed E-state index contributed by atoms with van der Waals surface area (Å²) in [5.74, 6) is -1.15. The SMILES string of the molecule is NC(=O)C(NC(=O)c1cn(Cc2ccccc2)nn1)c1ccccc1. The fourth-order valence-corrected chi connectivity index (χ4v) is 2.42. The van der Waals surface area contributed by atoms with Gasteiger partial charge in [-0.3, -0.25) is 9.59 Å². The van der Waals surface area contributed by atoms with E-state index in [4.69, 9.17) is 5.73 Å². The number of nitrogens with two attached hydrogens (primary N) is 1. The van der Waals surface area contributed by atoms with E-state index < -0.39 is 17.9 Å². The number of hydrogen-bond donors (Lipinski definition) is 2. The lowest BCUT2D eigenvalue weighted by molar-refractivity contribution is -0.120. The molecule has 1 aromatic heterocycles. The largest absolute Gasteiger partial charge is 0.368 e. The molecule has 25 heavy (non-hydrogen) atoms. The molecule has 0 saturated heterocycles. The molecular formula is C18H17N5O2. The van der Waals surface area contributed by atoms with Gasteiger partial charge in [0.1, 0.15) is 6.04 Å². The predicted octanol–water partition coefficient (Wildman–Crippen LogP) is 1.28. The molecule has 0 aliphatic rings. The van der Waals surface area contributed by atoms with Crippen molar-refractivity contribution in [2.24, 2.45) is 5.73 Å². The van der Waals surface area contributed by atoms with Crippen molar-refractivity contribution >= 4 is 11.8 Å². The van der Waals surface area contributed by atoms with Crippen LogP contribution in [0.4, 0.5) is 0 Å². The Kier molecular flexibility index (Phi) is 4.84. The smallest absolute Gasteiger partial charge is 0.274 e. The van der Waals surface area contributed by atoms with Gasteiger partial charge in [-0.1, -0.05) is 65.9 Å². The van der Waals surface area contributed by atoms with E-state index in [1.54, 1.807) is 28.9 Å². The second kappa shape index (κ2) is 7.39. The Balaban J connectivity index is 1.71. The molecule has 0 fully saturated rings. The van der Waals surface area contributed by atoms with Gasteiger partial charge in [0.05, 0.1) is 12.7 Å². The highest BCUT2D eigenvalue weighted by Gasteiger charge is 2.22. The molecule has 3 aromatic rings. The van der Waals surface area contributed by atoms with E-state index in [1.165, 1.54) is 6.20 Å². The summed E-state index contributed by atoms with van der Waals surface area (Å²) in [5.41, 5.74) is 7.18. The minimum absolute atomic E-state index is 0.123. The van der Waals surface area contributed by atoms with Crippen LogP contribution in [-0.4, -0.2) is 26.8 Å². The van der Waals surface area contributed by atoms with E-state index in [0.717, 1.165) is 5.56 Å². The molecular weight excluding hydrogens is 318 g/mol. The van der Waals surface area contributed by atoms with Gasteiger partial charge in [-0.2, -0.15) is 0 Å². The summed E-state index contributed by atoms with van der Waals surface area (Å²) in [5, 5.41) is 10.4. The van der Waals surface area contributed by atoms with Crippen LogP contribution in [0.1, 0.15) is 27.7 Å². The number of carbonyl (C=O) groups excluding carboxylic acids is 2. The minimum Gasteiger partial charge on any atom is -0.368 e. The van der Waals surface area contributed by atoms with E-state index in [2.05, 4.69) is 15.6 Å². The Morgan fingerprint density at radius 2 is 1.68 bits per heavy atom. The monoisotopic (exact) mass is 335 g/mol. The zero-order valence-electron chi connectivity index (χ0n) is 13.4. The molecule has 0 bridgehead atoms. The van der Waals surface area contributed by atoms with Gasteiger partial charge in [0, 0.05) is 0 Å². The summed E-state index contributed by atoms with van der Waals surface area (Å²) in [4.78, 5) is 24.0. The second-order valence-corrected chi connectivity index (χ2v) is 5.51. The van der Waals surface area contributed by atoms with Crippen LogP contribution >= 0.6 is 0 Å². The standard InChI is InChI=1S/C18H17N5O2/c19-17(24)16(14-9-5-2-6-10-14)20-18(25)15-12-23(22-21-15)11-13-7-3-1-4-8-13/h1-10,12,16H,11H2,(H2,19,24)(H,20,25). The predicted molar refractivity (Wildman–Crippen MR) is 91.4 cm³/mol. The Labute approximate surface area is 144 Å². The molecule has 0 saturated carbocycles. The van der Waals surface area contributed by atoms with Crippen LogP contribution in [0, 0.1) is 0 Å². The molecule has 3 N–H and O–H groups in total. The van der Waals surface area contributed by atoms with Crippen molar-refractivity contribution in [2.75, 3.05) is 0 Å². The normalized spacial score (nSPS) is 11.7. The average Bonchev–Trinajstić information content (AvgIpc) is 3.09. The van der Waals surface area contributed by atoms with Crippen molar-refractivity contribution in [1.29, 1.82) is 0 Å². The zero-order valence-corrected chi connectivity index (χ0v) is 13.4. The fourth-order valence-electron chi connectivity index (χ4n) is 2.42. The number of benzene rings is 2.